The van der Waals surface area contributed by atoms with Gasteiger partial charge >= 0.3 is 6.09 Å². The SMILES string of the molecule is CN(C)C1C[C@@H]2C(Nc3ncnc4sc5c(c34)CCC5)[C@H](C1)N2C(=O)O. The standard InChI is InChI=1S/C18H23N5O2S/c1-22(2)9-6-11-15(12(7-9)23(11)18(24)25)21-16-14-10-4-3-5-13(10)26-17(14)20-8-19-16/h8-9,11-12,15H,3-7H2,1-2H3,(H,24,25)(H,19,20,21)/t9?,11-,12+,15?. The quantitative estimate of drug-likeness (QED) is 0.860. The van der Waals surface area contributed by atoms with Gasteiger partial charge in [0.15, 0.2) is 0 Å². The van der Waals surface area contributed by atoms with Crippen molar-refractivity contribution >= 4 is 33.5 Å². The molecule has 2 aliphatic heterocycles. The van der Waals surface area contributed by atoms with Crippen LogP contribution in [-0.2, 0) is 12.8 Å². The average Bonchev–Trinajstić information content (AvgIpc) is 3.19. The van der Waals surface area contributed by atoms with Crippen LogP contribution in [0.2, 0.25) is 0 Å². The van der Waals surface area contributed by atoms with E-state index in [9.17, 15) is 9.90 Å². The minimum Gasteiger partial charge on any atom is -0.465 e. The molecule has 2 N–H and O–H groups in total. The number of fused-ring (bicyclic) bond motifs is 5. The summed E-state index contributed by atoms with van der Waals surface area (Å²) in [5.74, 6) is 0.891. The number of thiophene rings is 1. The van der Waals surface area contributed by atoms with Crippen LogP contribution in [0.25, 0.3) is 10.2 Å². The van der Waals surface area contributed by atoms with Crippen LogP contribution in [0.1, 0.15) is 29.7 Å². The van der Waals surface area contributed by atoms with Gasteiger partial charge in [-0.2, -0.15) is 0 Å². The molecule has 2 bridgehead atoms. The van der Waals surface area contributed by atoms with Gasteiger partial charge in [-0.05, 0) is 51.8 Å². The van der Waals surface area contributed by atoms with Crippen LogP contribution in [0.4, 0.5) is 10.6 Å². The first-order valence-corrected chi connectivity index (χ1v) is 10.1. The van der Waals surface area contributed by atoms with Crippen molar-refractivity contribution in [2.45, 2.75) is 56.3 Å². The first-order chi connectivity index (χ1) is 12.5. The number of hydrogen-bond donors (Lipinski definition) is 2. The zero-order valence-corrected chi connectivity index (χ0v) is 15.8. The Morgan fingerprint density at radius 3 is 2.77 bits per heavy atom. The number of nitrogens with zero attached hydrogens (tertiary/aromatic N) is 4. The Morgan fingerprint density at radius 2 is 2.08 bits per heavy atom. The molecular formula is C18H23N5O2S. The highest BCUT2D eigenvalue weighted by molar-refractivity contribution is 7.19. The lowest BCUT2D eigenvalue weighted by Crippen LogP contribution is -2.76. The number of hydrogen-bond acceptors (Lipinski definition) is 6. The van der Waals surface area contributed by atoms with E-state index < -0.39 is 6.09 Å². The first-order valence-electron chi connectivity index (χ1n) is 9.24. The fraction of sp³-hybridized carbons (Fsp3) is 0.611. The summed E-state index contributed by atoms with van der Waals surface area (Å²) in [6, 6.07) is 0.595. The maximum absolute atomic E-state index is 11.7. The number of nitrogens with one attached hydrogen (secondary N) is 1. The lowest BCUT2D eigenvalue weighted by molar-refractivity contribution is -0.0519. The summed E-state index contributed by atoms with van der Waals surface area (Å²) in [5.41, 5.74) is 1.40. The number of anilines is 1. The largest absolute Gasteiger partial charge is 0.465 e. The summed E-state index contributed by atoms with van der Waals surface area (Å²) < 4.78 is 0. The van der Waals surface area contributed by atoms with Gasteiger partial charge in [-0.25, -0.2) is 14.8 Å². The van der Waals surface area contributed by atoms with Gasteiger partial charge in [0.1, 0.15) is 17.0 Å². The van der Waals surface area contributed by atoms with Gasteiger partial charge in [0.2, 0.25) is 0 Å². The van der Waals surface area contributed by atoms with Gasteiger partial charge < -0.3 is 15.3 Å². The van der Waals surface area contributed by atoms with Crippen molar-refractivity contribution in [1.82, 2.24) is 19.8 Å². The summed E-state index contributed by atoms with van der Waals surface area (Å²) >= 11 is 1.78. The van der Waals surface area contributed by atoms with E-state index in [1.54, 1.807) is 22.6 Å². The van der Waals surface area contributed by atoms with E-state index in [-0.39, 0.29) is 18.1 Å². The molecule has 26 heavy (non-hydrogen) atoms. The molecule has 7 nitrogen and oxygen atoms in total. The molecule has 2 aromatic rings. The van der Waals surface area contributed by atoms with Crippen LogP contribution >= 0.6 is 11.3 Å². The van der Waals surface area contributed by atoms with Crippen molar-refractivity contribution < 1.29 is 9.90 Å². The zero-order valence-electron chi connectivity index (χ0n) is 15.0. The molecular weight excluding hydrogens is 350 g/mol. The Labute approximate surface area is 156 Å². The van der Waals surface area contributed by atoms with Crippen molar-refractivity contribution in [2.75, 3.05) is 19.4 Å². The van der Waals surface area contributed by atoms with Crippen molar-refractivity contribution in [1.29, 1.82) is 0 Å². The average molecular weight is 373 g/mol. The molecule has 138 valence electrons. The van der Waals surface area contributed by atoms with Crippen LogP contribution in [0.3, 0.4) is 0 Å². The van der Waals surface area contributed by atoms with Crippen molar-refractivity contribution in [3.05, 3.63) is 16.8 Å². The Kier molecular flexibility index (Phi) is 3.62. The molecule has 8 heteroatoms. The molecule has 0 radical (unpaired) electrons. The molecule has 2 saturated heterocycles. The molecule has 1 amide bonds. The van der Waals surface area contributed by atoms with Crippen molar-refractivity contribution in [3.63, 3.8) is 0 Å². The minimum absolute atomic E-state index is 0.00958. The molecule has 0 spiro atoms. The van der Waals surface area contributed by atoms with Gasteiger partial charge in [0, 0.05) is 10.9 Å². The molecule has 4 atom stereocenters. The lowest BCUT2D eigenvalue weighted by atomic mass is 9.72. The summed E-state index contributed by atoms with van der Waals surface area (Å²) in [6.07, 6.45) is 5.99. The summed E-state index contributed by atoms with van der Waals surface area (Å²) in [5, 5.41) is 14.4. The molecule has 3 fully saturated rings. The fourth-order valence-electron chi connectivity index (χ4n) is 5.01. The van der Waals surface area contributed by atoms with Crippen LogP contribution in [0, 0.1) is 0 Å². The van der Waals surface area contributed by atoms with Gasteiger partial charge in [-0.15, -0.1) is 11.3 Å². The van der Waals surface area contributed by atoms with E-state index in [2.05, 4.69) is 34.3 Å². The second-order valence-corrected chi connectivity index (χ2v) is 8.93. The molecule has 6 rings (SSSR count). The maximum atomic E-state index is 11.7. The molecule has 2 aromatic heterocycles. The summed E-state index contributed by atoms with van der Waals surface area (Å²) in [7, 11) is 4.15. The third kappa shape index (κ3) is 2.24. The molecule has 4 heterocycles. The minimum atomic E-state index is -0.806. The molecule has 4 aliphatic rings. The predicted molar refractivity (Wildman–Crippen MR) is 101 cm³/mol. The third-order valence-electron chi connectivity index (χ3n) is 6.33. The number of piperidine rings is 1. The number of amides is 1. The first kappa shape index (κ1) is 16.3. The van der Waals surface area contributed by atoms with Gasteiger partial charge in [0.25, 0.3) is 0 Å². The molecule has 1 saturated carbocycles. The van der Waals surface area contributed by atoms with Gasteiger partial charge in [-0.3, -0.25) is 4.90 Å². The molecule has 0 aromatic carbocycles. The number of carbonyl (C=O) groups is 1. The maximum Gasteiger partial charge on any atom is 0.407 e. The van der Waals surface area contributed by atoms with E-state index in [0.29, 0.717) is 6.04 Å². The topological polar surface area (TPSA) is 81.6 Å². The Morgan fingerprint density at radius 1 is 1.31 bits per heavy atom. The third-order valence-corrected chi connectivity index (χ3v) is 7.53. The summed E-state index contributed by atoms with van der Waals surface area (Å²) in [6.45, 7) is 0. The highest BCUT2D eigenvalue weighted by Crippen LogP contribution is 2.44. The van der Waals surface area contributed by atoms with Crippen LogP contribution < -0.4 is 5.32 Å². The van der Waals surface area contributed by atoms with Gasteiger partial charge in [-0.1, -0.05) is 0 Å². The fourth-order valence-corrected chi connectivity index (χ4v) is 6.24. The second kappa shape index (κ2) is 5.79. The van der Waals surface area contributed by atoms with Gasteiger partial charge in [0.05, 0.1) is 23.5 Å². The number of aryl methyl sites for hydroxylation is 2. The van der Waals surface area contributed by atoms with Crippen LogP contribution in [0.15, 0.2) is 6.33 Å². The molecule has 2 aliphatic carbocycles. The highest BCUT2D eigenvalue weighted by atomic mass is 32.1. The Balaban J connectivity index is 1.46. The smallest absolute Gasteiger partial charge is 0.407 e. The predicted octanol–water partition coefficient (Wildman–Crippen LogP) is 2.42. The van der Waals surface area contributed by atoms with Crippen molar-refractivity contribution in [2.24, 2.45) is 0 Å². The Hall–Kier alpha value is -1.93. The second-order valence-electron chi connectivity index (χ2n) is 7.84. The number of rotatable bonds is 3. The van der Waals surface area contributed by atoms with E-state index >= 15 is 0 Å². The Bertz CT molecular complexity index is 868. The number of carboxylic acid groups (broad SMARTS) is 1. The number of aromatic nitrogens is 2. The van der Waals surface area contributed by atoms with E-state index in [0.717, 1.165) is 36.3 Å². The highest BCUT2D eigenvalue weighted by Gasteiger charge is 2.56. The molecule has 2 unspecified atom stereocenters. The van der Waals surface area contributed by atoms with Crippen molar-refractivity contribution in [3.8, 4) is 0 Å². The van der Waals surface area contributed by atoms with E-state index in [1.807, 2.05) is 0 Å². The van der Waals surface area contributed by atoms with Crippen LogP contribution in [0.5, 0.6) is 0 Å². The lowest BCUT2D eigenvalue weighted by Gasteiger charge is -2.60. The van der Waals surface area contributed by atoms with E-state index in [4.69, 9.17) is 0 Å². The normalized spacial score (nSPS) is 29.7. The monoisotopic (exact) mass is 373 g/mol. The van der Waals surface area contributed by atoms with Crippen LogP contribution in [-0.4, -0.2) is 69.2 Å². The summed E-state index contributed by atoms with van der Waals surface area (Å²) in [4.78, 5) is 27.0. The zero-order chi connectivity index (χ0) is 18.0. The van der Waals surface area contributed by atoms with E-state index in [1.165, 1.54) is 22.2 Å².